The second-order valence-electron chi connectivity index (χ2n) is 6.07. The lowest BCUT2D eigenvalue weighted by atomic mass is 9.96. The van der Waals surface area contributed by atoms with Crippen LogP contribution in [-0.4, -0.2) is 18.7 Å². The molecule has 4 rings (SSSR count). The molecule has 3 nitrogen and oxygen atoms in total. The van der Waals surface area contributed by atoms with Gasteiger partial charge in [0.1, 0.15) is 5.75 Å². The van der Waals surface area contributed by atoms with Gasteiger partial charge in [0, 0.05) is 23.0 Å². The summed E-state index contributed by atoms with van der Waals surface area (Å²) >= 11 is 0. The molecule has 0 spiro atoms. The number of esters is 1. The van der Waals surface area contributed by atoms with Crippen molar-refractivity contribution < 1.29 is 22.7 Å². The second-order valence-corrected chi connectivity index (χ2v) is 6.07. The molecule has 6 heteroatoms. The number of fused-ring (bicyclic) bond motifs is 3. The number of ether oxygens (including phenoxy) is 1. The summed E-state index contributed by atoms with van der Waals surface area (Å²) < 4.78 is 43.0. The summed E-state index contributed by atoms with van der Waals surface area (Å²) in [6.07, 6.45) is -3.14. The van der Waals surface area contributed by atoms with Crippen LogP contribution in [0.4, 0.5) is 18.9 Å². The summed E-state index contributed by atoms with van der Waals surface area (Å²) in [6.45, 7) is 0.809. The predicted octanol–water partition coefficient (Wildman–Crippen LogP) is 4.82. The zero-order valence-corrected chi connectivity index (χ0v) is 13.1. The number of rotatable bonds is 1. The molecule has 25 heavy (non-hydrogen) atoms. The zero-order valence-electron chi connectivity index (χ0n) is 13.1. The summed E-state index contributed by atoms with van der Waals surface area (Å²) in [6, 6.07) is 12.6. The van der Waals surface area contributed by atoms with Crippen LogP contribution in [0.25, 0.3) is 21.5 Å². The molecule has 0 aliphatic carbocycles. The molecule has 0 amide bonds. The van der Waals surface area contributed by atoms with Gasteiger partial charge in [0.25, 0.3) is 0 Å². The third kappa shape index (κ3) is 2.77. The standard InChI is InChI=1S/C19H14F3NO2/c20-19(21,22)18(24)25-17-14-6-2-1-4-11(14)8-13-9-12-5-3-7-23-16(12)10-15(13)17/h1-2,4,6,8-10,23H,3,5,7H2. The Labute approximate surface area is 141 Å². The van der Waals surface area contributed by atoms with Crippen LogP contribution < -0.4 is 10.1 Å². The Morgan fingerprint density at radius 3 is 2.64 bits per heavy atom. The van der Waals surface area contributed by atoms with E-state index in [4.69, 9.17) is 4.74 Å². The average Bonchev–Trinajstić information content (AvgIpc) is 2.59. The summed E-state index contributed by atoms with van der Waals surface area (Å²) in [5.74, 6) is -2.26. The first-order valence-electron chi connectivity index (χ1n) is 7.95. The number of hydrogen-bond acceptors (Lipinski definition) is 3. The number of hydrogen-bond donors (Lipinski definition) is 1. The van der Waals surface area contributed by atoms with Crippen LogP contribution >= 0.6 is 0 Å². The normalized spacial score (nSPS) is 14.2. The molecule has 3 aromatic carbocycles. The van der Waals surface area contributed by atoms with Gasteiger partial charge in [0.05, 0.1) is 0 Å². The minimum atomic E-state index is -5.05. The Kier molecular flexibility index (Phi) is 3.56. The predicted molar refractivity (Wildman–Crippen MR) is 90.0 cm³/mol. The number of anilines is 1. The van der Waals surface area contributed by atoms with Crippen molar-refractivity contribution in [1.82, 2.24) is 0 Å². The van der Waals surface area contributed by atoms with Crippen molar-refractivity contribution in [3.8, 4) is 5.75 Å². The van der Waals surface area contributed by atoms with Gasteiger partial charge in [-0.1, -0.05) is 24.3 Å². The van der Waals surface area contributed by atoms with Crippen molar-refractivity contribution >= 4 is 33.2 Å². The van der Waals surface area contributed by atoms with Crippen LogP contribution in [0.3, 0.4) is 0 Å². The quantitative estimate of drug-likeness (QED) is 0.390. The fraction of sp³-hybridized carbons (Fsp3) is 0.211. The van der Waals surface area contributed by atoms with E-state index in [9.17, 15) is 18.0 Å². The number of benzene rings is 3. The molecular formula is C19H14F3NO2. The molecule has 0 saturated heterocycles. The van der Waals surface area contributed by atoms with Gasteiger partial charge in [0.15, 0.2) is 0 Å². The third-order valence-electron chi connectivity index (χ3n) is 4.40. The summed E-state index contributed by atoms with van der Waals surface area (Å²) in [5, 5.41) is 5.70. The number of aryl methyl sites for hydroxylation is 1. The summed E-state index contributed by atoms with van der Waals surface area (Å²) in [7, 11) is 0. The van der Waals surface area contributed by atoms with Crippen LogP contribution in [0.5, 0.6) is 5.75 Å². The van der Waals surface area contributed by atoms with Gasteiger partial charge in [-0.3, -0.25) is 0 Å². The number of halogens is 3. The highest BCUT2D eigenvalue weighted by Crippen LogP contribution is 2.39. The van der Waals surface area contributed by atoms with Gasteiger partial charge >= 0.3 is 12.1 Å². The van der Waals surface area contributed by atoms with Gasteiger partial charge in [-0.05, 0) is 47.4 Å². The molecule has 128 valence electrons. The Morgan fingerprint density at radius 2 is 1.84 bits per heavy atom. The number of carbonyl (C=O) groups excluding carboxylic acids is 1. The molecule has 1 aliphatic rings. The van der Waals surface area contributed by atoms with Crippen LogP contribution in [0.2, 0.25) is 0 Å². The third-order valence-corrected chi connectivity index (χ3v) is 4.40. The van der Waals surface area contributed by atoms with Crippen molar-refractivity contribution in [3.63, 3.8) is 0 Å². The highest BCUT2D eigenvalue weighted by Gasteiger charge is 2.41. The van der Waals surface area contributed by atoms with E-state index in [2.05, 4.69) is 5.32 Å². The maximum atomic E-state index is 12.7. The SMILES string of the molecule is O=C(Oc1c2ccccc2cc2cc3c(cc12)NCCC3)C(F)(F)F. The Morgan fingerprint density at radius 1 is 1.04 bits per heavy atom. The van der Waals surface area contributed by atoms with E-state index in [-0.39, 0.29) is 5.75 Å². The largest absolute Gasteiger partial charge is 0.491 e. The molecule has 0 radical (unpaired) electrons. The van der Waals surface area contributed by atoms with Crippen molar-refractivity contribution in [2.24, 2.45) is 0 Å². The van der Waals surface area contributed by atoms with E-state index in [1.54, 1.807) is 30.3 Å². The lowest BCUT2D eigenvalue weighted by Gasteiger charge is -2.20. The average molecular weight is 345 g/mol. The molecule has 0 saturated carbocycles. The molecule has 1 heterocycles. The molecule has 0 atom stereocenters. The van der Waals surface area contributed by atoms with Crippen molar-refractivity contribution in [2.45, 2.75) is 19.0 Å². The van der Waals surface area contributed by atoms with E-state index in [1.807, 2.05) is 12.1 Å². The first kappa shape index (κ1) is 15.7. The fourth-order valence-corrected chi connectivity index (χ4v) is 3.26. The van der Waals surface area contributed by atoms with E-state index >= 15 is 0 Å². The monoisotopic (exact) mass is 345 g/mol. The molecule has 1 N–H and O–H groups in total. The molecule has 0 fully saturated rings. The maximum Gasteiger partial charge on any atom is 0.491 e. The van der Waals surface area contributed by atoms with Crippen LogP contribution in [0, 0.1) is 0 Å². The molecule has 0 bridgehead atoms. The van der Waals surface area contributed by atoms with Crippen LogP contribution in [-0.2, 0) is 11.2 Å². The lowest BCUT2D eigenvalue weighted by molar-refractivity contribution is -0.189. The number of carbonyl (C=O) groups is 1. The molecule has 1 aliphatic heterocycles. The Bertz CT molecular complexity index is 995. The van der Waals surface area contributed by atoms with E-state index in [0.717, 1.165) is 41.4 Å². The van der Waals surface area contributed by atoms with Crippen molar-refractivity contribution in [1.29, 1.82) is 0 Å². The minimum absolute atomic E-state index is 0.0504. The van der Waals surface area contributed by atoms with Crippen LogP contribution in [0.1, 0.15) is 12.0 Å². The molecule has 3 aromatic rings. The lowest BCUT2D eigenvalue weighted by Crippen LogP contribution is -2.28. The zero-order chi connectivity index (χ0) is 17.6. The van der Waals surface area contributed by atoms with E-state index in [0.29, 0.717) is 10.8 Å². The minimum Gasteiger partial charge on any atom is -0.419 e. The van der Waals surface area contributed by atoms with Crippen LogP contribution in [0.15, 0.2) is 42.5 Å². The molecule has 0 unspecified atom stereocenters. The highest BCUT2D eigenvalue weighted by molar-refractivity contribution is 6.08. The van der Waals surface area contributed by atoms with E-state index in [1.165, 1.54) is 0 Å². The second kappa shape index (κ2) is 5.65. The van der Waals surface area contributed by atoms with Gasteiger partial charge in [-0.25, -0.2) is 4.79 Å². The fourth-order valence-electron chi connectivity index (χ4n) is 3.26. The van der Waals surface area contributed by atoms with Gasteiger partial charge in [-0.15, -0.1) is 0 Å². The number of alkyl halides is 3. The Hall–Kier alpha value is -2.76. The smallest absolute Gasteiger partial charge is 0.419 e. The van der Waals surface area contributed by atoms with Crippen molar-refractivity contribution in [3.05, 3.63) is 48.0 Å². The first-order chi connectivity index (χ1) is 11.9. The molecular weight excluding hydrogens is 331 g/mol. The van der Waals surface area contributed by atoms with Gasteiger partial charge < -0.3 is 10.1 Å². The highest BCUT2D eigenvalue weighted by atomic mass is 19.4. The maximum absolute atomic E-state index is 12.7. The topological polar surface area (TPSA) is 38.3 Å². The summed E-state index contributed by atoms with van der Waals surface area (Å²) in [5.41, 5.74) is 1.99. The summed E-state index contributed by atoms with van der Waals surface area (Å²) in [4.78, 5) is 11.4. The van der Waals surface area contributed by atoms with Crippen molar-refractivity contribution in [2.75, 3.05) is 11.9 Å². The van der Waals surface area contributed by atoms with Gasteiger partial charge in [-0.2, -0.15) is 13.2 Å². The first-order valence-corrected chi connectivity index (χ1v) is 7.95. The molecule has 0 aromatic heterocycles. The van der Waals surface area contributed by atoms with Gasteiger partial charge in [0.2, 0.25) is 0 Å². The number of nitrogens with one attached hydrogen (secondary N) is 1. The Balaban J connectivity index is 1.99. The van der Waals surface area contributed by atoms with E-state index < -0.39 is 12.1 Å².